The molecular weight excluding hydrogens is 250 g/mol. The summed E-state index contributed by atoms with van der Waals surface area (Å²) >= 11 is 5.92. The molecule has 0 saturated heterocycles. The monoisotopic (exact) mass is 265 g/mol. The predicted molar refractivity (Wildman–Crippen MR) is 71.3 cm³/mol. The maximum atomic E-state index is 9.42. The van der Waals surface area contributed by atoms with Gasteiger partial charge in [0.2, 0.25) is 0 Å². The van der Waals surface area contributed by atoms with Gasteiger partial charge in [-0.2, -0.15) is 0 Å². The van der Waals surface area contributed by atoms with Gasteiger partial charge in [0.1, 0.15) is 11.0 Å². The number of halogens is 1. The van der Waals surface area contributed by atoms with Gasteiger partial charge in [0.15, 0.2) is 0 Å². The molecule has 0 bridgehead atoms. The van der Waals surface area contributed by atoms with Gasteiger partial charge in [0, 0.05) is 7.05 Å². The van der Waals surface area contributed by atoms with E-state index in [-0.39, 0.29) is 12.6 Å². The van der Waals surface area contributed by atoms with Gasteiger partial charge in [-0.15, -0.1) is 0 Å². The zero-order chi connectivity index (χ0) is 13.0. The van der Waals surface area contributed by atoms with Crippen LogP contribution >= 0.6 is 11.6 Å². The van der Waals surface area contributed by atoms with Gasteiger partial charge in [0.05, 0.1) is 25.4 Å². The van der Waals surface area contributed by atoms with Crippen LogP contribution < -0.4 is 5.32 Å². The van der Waals surface area contributed by atoms with Gasteiger partial charge in [-0.1, -0.05) is 41.9 Å². The molecular formula is C13H16ClN3O. The van der Waals surface area contributed by atoms with Crippen LogP contribution in [0.5, 0.6) is 0 Å². The van der Waals surface area contributed by atoms with Crippen molar-refractivity contribution in [1.82, 2.24) is 14.9 Å². The van der Waals surface area contributed by atoms with Crippen molar-refractivity contribution >= 4 is 11.6 Å². The van der Waals surface area contributed by atoms with E-state index in [0.29, 0.717) is 11.7 Å². The molecule has 0 fully saturated rings. The summed E-state index contributed by atoms with van der Waals surface area (Å²) in [5.74, 6) is 0.842. The Morgan fingerprint density at radius 2 is 2.11 bits per heavy atom. The first-order valence-electron chi connectivity index (χ1n) is 5.77. The lowest BCUT2D eigenvalue weighted by Crippen LogP contribution is -2.25. The number of aliphatic hydroxyl groups excluding tert-OH is 1. The van der Waals surface area contributed by atoms with Gasteiger partial charge in [-0.25, -0.2) is 4.98 Å². The molecule has 1 aromatic carbocycles. The van der Waals surface area contributed by atoms with E-state index in [2.05, 4.69) is 10.3 Å². The summed E-state index contributed by atoms with van der Waals surface area (Å²) in [6, 6.07) is 9.74. The molecule has 2 rings (SSSR count). The molecule has 1 aromatic heterocycles. The number of benzene rings is 1. The second-order valence-electron chi connectivity index (χ2n) is 4.08. The van der Waals surface area contributed by atoms with E-state index in [4.69, 9.17) is 11.6 Å². The van der Waals surface area contributed by atoms with Gasteiger partial charge in [-0.3, -0.25) is 0 Å². The zero-order valence-electron chi connectivity index (χ0n) is 10.2. The number of hydrogen-bond donors (Lipinski definition) is 2. The van der Waals surface area contributed by atoms with E-state index < -0.39 is 0 Å². The molecule has 0 radical (unpaired) electrons. The van der Waals surface area contributed by atoms with Gasteiger partial charge in [0.25, 0.3) is 0 Å². The van der Waals surface area contributed by atoms with E-state index >= 15 is 0 Å². The fraction of sp³-hybridized carbons (Fsp3) is 0.308. The van der Waals surface area contributed by atoms with Crippen LogP contribution in [-0.2, 0) is 13.6 Å². The minimum atomic E-state index is -0.0957. The number of hydrogen-bond acceptors (Lipinski definition) is 3. The Bertz CT molecular complexity index is 498. The van der Waals surface area contributed by atoms with Crippen LogP contribution in [0.15, 0.2) is 36.5 Å². The summed E-state index contributed by atoms with van der Waals surface area (Å²) in [4.78, 5) is 4.20. The molecule has 0 amide bonds. The second kappa shape index (κ2) is 6.00. The summed E-state index contributed by atoms with van der Waals surface area (Å²) in [6.07, 6.45) is 1.62. The third-order valence-corrected chi connectivity index (χ3v) is 3.27. The van der Waals surface area contributed by atoms with Crippen molar-refractivity contribution in [2.75, 3.05) is 6.61 Å². The van der Waals surface area contributed by atoms with Crippen LogP contribution in [0.2, 0.25) is 5.15 Å². The van der Waals surface area contributed by atoms with Crippen molar-refractivity contribution in [3.63, 3.8) is 0 Å². The van der Waals surface area contributed by atoms with Gasteiger partial charge < -0.3 is 15.0 Å². The number of nitrogens with zero attached hydrogens (tertiary/aromatic N) is 2. The molecule has 5 heteroatoms. The third-order valence-electron chi connectivity index (χ3n) is 2.92. The van der Waals surface area contributed by atoms with Crippen LogP contribution in [-0.4, -0.2) is 21.3 Å². The van der Waals surface area contributed by atoms with Crippen LogP contribution in [0.4, 0.5) is 0 Å². The molecule has 0 spiro atoms. The molecule has 0 aliphatic carbocycles. The second-order valence-corrected chi connectivity index (χ2v) is 4.47. The maximum Gasteiger partial charge on any atom is 0.128 e. The molecule has 1 atom stereocenters. The van der Waals surface area contributed by atoms with Crippen molar-refractivity contribution < 1.29 is 5.11 Å². The first-order valence-corrected chi connectivity index (χ1v) is 6.15. The standard InChI is InChI=1S/C13H16ClN3O/c1-17-12(14)7-16-13(17)8-15-11(9-18)10-5-3-2-4-6-10/h2-7,11,15,18H,8-9H2,1H3/t11-/m0/s1. The lowest BCUT2D eigenvalue weighted by Gasteiger charge is -2.16. The molecule has 1 heterocycles. The van der Waals surface area contributed by atoms with E-state index in [1.54, 1.807) is 6.20 Å². The van der Waals surface area contributed by atoms with Crippen molar-refractivity contribution in [3.05, 3.63) is 53.1 Å². The highest BCUT2D eigenvalue weighted by Crippen LogP contribution is 2.13. The van der Waals surface area contributed by atoms with Crippen molar-refractivity contribution in [2.24, 2.45) is 7.05 Å². The molecule has 0 aliphatic heterocycles. The Hall–Kier alpha value is -1.36. The van der Waals surface area contributed by atoms with Crippen LogP contribution in [0.1, 0.15) is 17.4 Å². The average Bonchev–Trinajstić information content (AvgIpc) is 2.72. The first kappa shape index (κ1) is 13.1. The average molecular weight is 266 g/mol. The van der Waals surface area contributed by atoms with E-state index in [1.807, 2.05) is 41.9 Å². The quantitative estimate of drug-likeness (QED) is 0.868. The largest absolute Gasteiger partial charge is 0.394 e. The molecule has 0 unspecified atom stereocenters. The van der Waals surface area contributed by atoms with Crippen LogP contribution in [0.3, 0.4) is 0 Å². The molecule has 0 aliphatic rings. The summed E-state index contributed by atoms with van der Waals surface area (Å²) < 4.78 is 1.81. The normalized spacial score (nSPS) is 12.6. The number of imidazole rings is 1. The molecule has 96 valence electrons. The summed E-state index contributed by atoms with van der Waals surface area (Å²) in [7, 11) is 1.86. The smallest absolute Gasteiger partial charge is 0.128 e. The first-order chi connectivity index (χ1) is 8.72. The van der Waals surface area contributed by atoms with Crippen LogP contribution in [0.25, 0.3) is 0 Å². The Kier molecular flexibility index (Phi) is 4.36. The minimum Gasteiger partial charge on any atom is -0.394 e. The van der Waals surface area contributed by atoms with Crippen molar-refractivity contribution in [2.45, 2.75) is 12.6 Å². The Morgan fingerprint density at radius 1 is 1.39 bits per heavy atom. The molecule has 2 N–H and O–H groups in total. The lowest BCUT2D eigenvalue weighted by atomic mass is 10.1. The highest BCUT2D eigenvalue weighted by atomic mass is 35.5. The summed E-state index contributed by atoms with van der Waals surface area (Å²) in [5.41, 5.74) is 1.06. The SMILES string of the molecule is Cn1c(Cl)cnc1CN[C@@H](CO)c1ccccc1. The minimum absolute atomic E-state index is 0.0438. The fourth-order valence-corrected chi connectivity index (χ4v) is 1.92. The Morgan fingerprint density at radius 3 is 2.67 bits per heavy atom. The molecule has 4 nitrogen and oxygen atoms in total. The lowest BCUT2D eigenvalue weighted by molar-refractivity contribution is 0.242. The van der Waals surface area contributed by atoms with Gasteiger partial charge in [-0.05, 0) is 5.56 Å². The van der Waals surface area contributed by atoms with E-state index in [0.717, 1.165) is 11.4 Å². The van der Waals surface area contributed by atoms with Gasteiger partial charge >= 0.3 is 0 Å². The van der Waals surface area contributed by atoms with E-state index in [1.165, 1.54) is 0 Å². The number of aromatic nitrogens is 2. The fourth-order valence-electron chi connectivity index (χ4n) is 1.78. The number of nitrogens with one attached hydrogen (secondary N) is 1. The number of rotatable bonds is 5. The van der Waals surface area contributed by atoms with Crippen molar-refractivity contribution in [3.8, 4) is 0 Å². The molecule has 18 heavy (non-hydrogen) atoms. The maximum absolute atomic E-state index is 9.42. The van der Waals surface area contributed by atoms with E-state index in [9.17, 15) is 5.11 Å². The summed E-state index contributed by atoms with van der Waals surface area (Å²) in [5, 5.41) is 13.3. The molecule has 0 saturated carbocycles. The van der Waals surface area contributed by atoms with Crippen molar-refractivity contribution in [1.29, 1.82) is 0 Å². The Labute approximate surface area is 111 Å². The highest BCUT2D eigenvalue weighted by Gasteiger charge is 2.11. The molecule has 2 aromatic rings. The Balaban J connectivity index is 2.02. The topological polar surface area (TPSA) is 50.1 Å². The highest BCUT2D eigenvalue weighted by molar-refractivity contribution is 6.29. The third kappa shape index (κ3) is 2.90. The number of aliphatic hydroxyl groups is 1. The predicted octanol–water partition coefficient (Wildman–Crippen LogP) is 1.90. The van der Waals surface area contributed by atoms with Crippen LogP contribution in [0, 0.1) is 0 Å². The summed E-state index contributed by atoms with van der Waals surface area (Å²) in [6.45, 7) is 0.603. The zero-order valence-corrected chi connectivity index (χ0v) is 10.9.